The molecule has 0 atom stereocenters. The summed E-state index contributed by atoms with van der Waals surface area (Å²) in [7, 11) is 3.14. The average molecular weight is 290 g/mol. The number of nitrogens with one attached hydrogen (secondary N) is 1. The summed E-state index contributed by atoms with van der Waals surface area (Å²) in [5, 5.41) is 6.50. The van der Waals surface area contributed by atoms with Crippen LogP contribution in [0.5, 0.6) is 11.5 Å². The smallest absolute Gasteiger partial charge is 0.224 e. The molecule has 112 valence electrons. The summed E-state index contributed by atoms with van der Waals surface area (Å²) in [6, 6.07) is 5.42. The molecule has 1 amide bonds. The van der Waals surface area contributed by atoms with Crippen LogP contribution < -0.4 is 14.8 Å². The summed E-state index contributed by atoms with van der Waals surface area (Å²) in [6.45, 7) is 2.21. The number of rotatable bonds is 6. The maximum Gasteiger partial charge on any atom is 0.224 e. The summed E-state index contributed by atoms with van der Waals surface area (Å²) in [5.41, 5.74) is 1.72. The highest BCUT2D eigenvalue weighted by Gasteiger charge is 2.09. The molecule has 0 saturated carbocycles. The monoisotopic (exact) mass is 290 g/mol. The first-order chi connectivity index (χ1) is 10.1. The Morgan fingerprint density at radius 2 is 2.05 bits per heavy atom. The third-order valence-electron chi connectivity index (χ3n) is 3.14. The van der Waals surface area contributed by atoms with Gasteiger partial charge in [0.25, 0.3) is 0 Å². The highest BCUT2D eigenvalue weighted by Crippen LogP contribution is 2.27. The number of methoxy groups -OCH3 is 2. The number of aromatic nitrogens is 1. The molecule has 2 rings (SSSR count). The van der Waals surface area contributed by atoms with E-state index < -0.39 is 0 Å². The highest BCUT2D eigenvalue weighted by molar-refractivity contribution is 5.78. The van der Waals surface area contributed by atoms with Gasteiger partial charge < -0.3 is 19.3 Å². The van der Waals surface area contributed by atoms with E-state index in [0.29, 0.717) is 23.8 Å². The van der Waals surface area contributed by atoms with Crippen LogP contribution in [0, 0.1) is 6.92 Å². The lowest BCUT2D eigenvalue weighted by Crippen LogP contribution is -2.24. The Morgan fingerprint density at radius 1 is 1.29 bits per heavy atom. The van der Waals surface area contributed by atoms with E-state index in [1.54, 1.807) is 32.5 Å². The van der Waals surface area contributed by atoms with Gasteiger partial charge in [-0.2, -0.15) is 0 Å². The third-order valence-corrected chi connectivity index (χ3v) is 3.14. The van der Waals surface area contributed by atoms with E-state index in [0.717, 1.165) is 11.1 Å². The molecule has 2 aromatic rings. The predicted molar refractivity (Wildman–Crippen MR) is 76.3 cm³/mol. The van der Waals surface area contributed by atoms with Gasteiger partial charge in [0, 0.05) is 12.1 Å². The number of carbonyl (C=O) groups excluding carboxylic acids is 1. The maximum absolute atomic E-state index is 11.9. The third kappa shape index (κ3) is 3.75. The number of amides is 1. The van der Waals surface area contributed by atoms with E-state index >= 15 is 0 Å². The van der Waals surface area contributed by atoms with Crippen molar-refractivity contribution in [1.29, 1.82) is 0 Å². The van der Waals surface area contributed by atoms with Crippen molar-refractivity contribution in [1.82, 2.24) is 10.5 Å². The van der Waals surface area contributed by atoms with Crippen LogP contribution >= 0.6 is 0 Å². The molecule has 1 aromatic carbocycles. The first kappa shape index (κ1) is 14.9. The number of nitrogens with zero attached hydrogens (tertiary/aromatic N) is 1. The lowest BCUT2D eigenvalue weighted by molar-refractivity contribution is -0.120. The molecule has 0 bridgehead atoms. The molecular weight excluding hydrogens is 272 g/mol. The van der Waals surface area contributed by atoms with Gasteiger partial charge in [-0.05, 0) is 24.6 Å². The molecule has 6 heteroatoms. The van der Waals surface area contributed by atoms with E-state index in [1.807, 2.05) is 13.0 Å². The van der Waals surface area contributed by atoms with Crippen LogP contribution in [-0.4, -0.2) is 25.3 Å². The van der Waals surface area contributed by atoms with Crippen molar-refractivity contribution < 1.29 is 18.8 Å². The van der Waals surface area contributed by atoms with Crippen molar-refractivity contribution in [3.8, 4) is 11.5 Å². The molecule has 6 nitrogen and oxygen atoms in total. The Kier molecular flexibility index (Phi) is 4.81. The summed E-state index contributed by atoms with van der Waals surface area (Å²) < 4.78 is 15.3. The van der Waals surface area contributed by atoms with Crippen molar-refractivity contribution in [3.63, 3.8) is 0 Å². The summed E-state index contributed by atoms with van der Waals surface area (Å²) in [4.78, 5) is 11.9. The first-order valence-electron chi connectivity index (χ1n) is 6.51. The highest BCUT2D eigenvalue weighted by atomic mass is 16.5. The molecule has 0 aliphatic carbocycles. The molecule has 1 heterocycles. The SMILES string of the molecule is COc1ccc(CC(=O)NCc2cnoc2C)cc1OC. The van der Waals surface area contributed by atoms with Crippen LogP contribution in [0.25, 0.3) is 0 Å². The summed E-state index contributed by atoms with van der Waals surface area (Å²) in [6.07, 6.45) is 1.87. The van der Waals surface area contributed by atoms with Crippen molar-refractivity contribution >= 4 is 5.91 Å². The van der Waals surface area contributed by atoms with Crippen LogP contribution in [0.3, 0.4) is 0 Å². The molecule has 0 saturated heterocycles. The predicted octanol–water partition coefficient (Wildman–Crippen LogP) is 1.86. The van der Waals surface area contributed by atoms with Gasteiger partial charge in [-0.1, -0.05) is 11.2 Å². The molecule has 0 unspecified atom stereocenters. The standard InChI is InChI=1S/C15H18N2O4/c1-10-12(9-17-21-10)8-16-15(18)7-11-4-5-13(19-2)14(6-11)20-3/h4-6,9H,7-8H2,1-3H3,(H,16,18). The van der Waals surface area contributed by atoms with E-state index in [1.165, 1.54) is 0 Å². The fraction of sp³-hybridized carbons (Fsp3) is 0.333. The summed E-state index contributed by atoms with van der Waals surface area (Å²) >= 11 is 0. The van der Waals surface area contributed by atoms with Crippen LogP contribution in [0.1, 0.15) is 16.9 Å². The zero-order valence-corrected chi connectivity index (χ0v) is 12.3. The molecule has 0 radical (unpaired) electrons. The summed E-state index contributed by atoms with van der Waals surface area (Å²) in [5.74, 6) is 1.88. The topological polar surface area (TPSA) is 73.6 Å². The average Bonchev–Trinajstić information content (AvgIpc) is 2.90. The molecule has 21 heavy (non-hydrogen) atoms. The van der Waals surface area contributed by atoms with Gasteiger partial charge in [-0.15, -0.1) is 0 Å². The Hall–Kier alpha value is -2.50. The quantitative estimate of drug-likeness (QED) is 0.879. The number of aryl methyl sites for hydroxylation is 1. The number of hydrogen-bond acceptors (Lipinski definition) is 5. The largest absolute Gasteiger partial charge is 0.493 e. The second kappa shape index (κ2) is 6.78. The van der Waals surface area contributed by atoms with Gasteiger partial charge in [-0.3, -0.25) is 4.79 Å². The first-order valence-corrected chi connectivity index (χ1v) is 6.51. The van der Waals surface area contributed by atoms with Crippen LogP contribution in [0.15, 0.2) is 28.9 Å². The van der Waals surface area contributed by atoms with Gasteiger partial charge >= 0.3 is 0 Å². The molecule has 1 N–H and O–H groups in total. The van der Waals surface area contributed by atoms with Gasteiger partial charge in [-0.25, -0.2) is 0 Å². The van der Waals surface area contributed by atoms with Gasteiger partial charge in [0.05, 0.1) is 26.8 Å². The number of hydrogen-bond donors (Lipinski definition) is 1. The normalized spacial score (nSPS) is 10.2. The Morgan fingerprint density at radius 3 is 2.67 bits per heavy atom. The minimum Gasteiger partial charge on any atom is -0.493 e. The van der Waals surface area contributed by atoms with Crippen molar-refractivity contribution in [2.24, 2.45) is 0 Å². The van der Waals surface area contributed by atoms with E-state index in [2.05, 4.69) is 10.5 Å². The Bertz CT molecular complexity index is 622. The van der Waals surface area contributed by atoms with Crippen molar-refractivity contribution in [2.75, 3.05) is 14.2 Å². The lowest BCUT2D eigenvalue weighted by Gasteiger charge is -2.09. The molecule has 0 aliphatic rings. The fourth-order valence-corrected chi connectivity index (χ4v) is 1.92. The van der Waals surface area contributed by atoms with Crippen molar-refractivity contribution in [2.45, 2.75) is 19.9 Å². The van der Waals surface area contributed by atoms with Gasteiger partial charge in [0.2, 0.25) is 5.91 Å². The number of ether oxygens (including phenoxy) is 2. The molecular formula is C15H18N2O4. The molecule has 0 aliphatic heterocycles. The zero-order valence-electron chi connectivity index (χ0n) is 12.3. The second-order valence-corrected chi connectivity index (χ2v) is 4.55. The molecule has 1 aromatic heterocycles. The maximum atomic E-state index is 11.9. The van der Waals surface area contributed by atoms with Gasteiger partial charge in [0.15, 0.2) is 11.5 Å². The van der Waals surface area contributed by atoms with Crippen LogP contribution in [0.2, 0.25) is 0 Å². The minimum absolute atomic E-state index is 0.0807. The van der Waals surface area contributed by atoms with E-state index in [-0.39, 0.29) is 12.3 Å². The molecule has 0 spiro atoms. The minimum atomic E-state index is -0.0807. The van der Waals surface area contributed by atoms with Crippen molar-refractivity contribution in [3.05, 3.63) is 41.3 Å². The Balaban J connectivity index is 1.95. The second-order valence-electron chi connectivity index (χ2n) is 4.55. The van der Waals surface area contributed by atoms with E-state index in [4.69, 9.17) is 14.0 Å². The van der Waals surface area contributed by atoms with Crippen LogP contribution in [-0.2, 0) is 17.8 Å². The zero-order chi connectivity index (χ0) is 15.2. The number of benzene rings is 1. The lowest BCUT2D eigenvalue weighted by atomic mass is 10.1. The fourth-order valence-electron chi connectivity index (χ4n) is 1.92. The van der Waals surface area contributed by atoms with Crippen LogP contribution in [0.4, 0.5) is 0 Å². The number of carbonyl (C=O) groups is 1. The van der Waals surface area contributed by atoms with Gasteiger partial charge in [0.1, 0.15) is 5.76 Å². The molecule has 0 fully saturated rings. The Labute approximate surface area is 123 Å². The van der Waals surface area contributed by atoms with E-state index in [9.17, 15) is 4.79 Å².